The number of nitrogens with two attached hydrogens (primary N) is 2. The van der Waals surface area contributed by atoms with Crippen LogP contribution in [0.25, 0.3) is 0 Å². The molecule has 1 aromatic rings. The lowest BCUT2D eigenvalue weighted by atomic mass is 10.2. The van der Waals surface area contributed by atoms with Crippen LogP contribution >= 0.6 is 0 Å². The first-order valence-electron chi connectivity index (χ1n) is 6.29. The molecule has 0 saturated carbocycles. The predicted octanol–water partition coefficient (Wildman–Crippen LogP) is -2.48. The van der Waals surface area contributed by atoms with E-state index in [1.165, 1.54) is 0 Å². The van der Waals surface area contributed by atoms with Crippen molar-refractivity contribution in [3.63, 3.8) is 0 Å². The zero-order chi connectivity index (χ0) is 16.6. The van der Waals surface area contributed by atoms with E-state index >= 15 is 0 Å². The normalized spacial score (nSPS) is 17.5. The van der Waals surface area contributed by atoms with Crippen molar-refractivity contribution in [3.05, 3.63) is 0 Å². The van der Waals surface area contributed by atoms with Crippen LogP contribution in [0.1, 0.15) is 0 Å². The topological polar surface area (TPSA) is 147 Å². The van der Waals surface area contributed by atoms with Crippen molar-refractivity contribution in [2.45, 2.75) is 6.04 Å². The standard InChI is InChI=1S/C11H17N9O2/c1-18(2)9-15-10(19(3)4)17-11(16-9)20-5(6(12)21)7(22)14-8(20)13/h5H,1-4H3,(H2,12,21)(H2,13,14,22). The predicted molar refractivity (Wildman–Crippen MR) is 80.6 cm³/mol. The van der Waals surface area contributed by atoms with E-state index in [2.05, 4.69) is 19.9 Å². The summed E-state index contributed by atoms with van der Waals surface area (Å²) in [5.41, 5.74) is 11.0. The monoisotopic (exact) mass is 307 g/mol. The second-order valence-electron chi connectivity index (χ2n) is 5.01. The molecule has 0 bridgehead atoms. The maximum absolute atomic E-state index is 11.7. The number of carbonyl (C=O) groups excluding carboxylic acids is 2. The van der Waals surface area contributed by atoms with E-state index in [9.17, 15) is 9.59 Å². The summed E-state index contributed by atoms with van der Waals surface area (Å²) in [5.74, 6) is -1.11. The van der Waals surface area contributed by atoms with Gasteiger partial charge in [-0.05, 0) is 0 Å². The van der Waals surface area contributed by atoms with Gasteiger partial charge in [0.1, 0.15) is 0 Å². The highest BCUT2D eigenvalue weighted by Gasteiger charge is 2.41. The van der Waals surface area contributed by atoms with Crippen molar-refractivity contribution < 1.29 is 9.59 Å². The number of rotatable bonds is 4. The highest BCUT2D eigenvalue weighted by molar-refractivity contribution is 6.21. The van der Waals surface area contributed by atoms with E-state index in [0.717, 1.165) is 4.90 Å². The Bertz CT molecular complexity index is 629. The lowest BCUT2D eigenvalue weighted by Crippen LogP contribution is -2.50. The first kappa shape index (κ1) is 15.4. The van der Waals surface area contributed by atoms with Crippen molar-refractivity contribution >= 4 is 35.6 Å². The number of anilines is 3. The van der Waals surface area contributed by atoms with Crippen LogP contribution in [0.4, 0.5) is 17.8 Å². The smallest absolute Gasteiger partial charge is 0.281 e. The number of hydrogen-bond acceptors (Lipinski definition) is 9. The molecule has 22 heavy (non-hydrogen) atoms. The molecule has 1 aliphatic heterocycles. The van der Waals surface area contributed by atoms with E-state index in [4.69, 9.17) is 11.5 Å². The largest absolute Gasteiger partial charge is 0.369 e. The average molecular weight is 307 g/mol. The van der Waals surface area contributed by atoms with Gasteiger partial charge < -0.3 is 21.3 Å². The lowest BCUT2D eigenvalue weighted by Gasteiger charge is -2.23. The van der Waals surface area contributed by atoms with Crippen molar-refractivity contribution in [2.24, 2.45) is 16.5 Å². The van der Waals surface area contributed by atoms with Gasteiger partial charge in [0.05, 0.1) is 0 Å². The molecular weight excluding hydrogens is 290 g/mol. The van der Waals surface area contributed by atoms with Gasteiger partial charge in [-0.3, -0.25) is 14.5 Å². The van der Waals surface area contributed by atoms with Crippen molar-refractivity contribution in [3.8, 4) is 0 Å². The Morgan fingerprint density at radius 3 is 2.00 bits per heavy atom. The Kier molecular flexibility index (Phi) is 3.80. The van der Waals surface area contributed by atoms with Crippen LogP contribution in [-0.2, 0) is 9.59 Å². The van der Waals surface area contributed by atoms with Gasteiger partial charge in [0, 0.05) is 28.2 Å². The summed E-state index contributed by atoms with van der Waals surface area (Å²) in [5, 5.41) is 0. The molecule has 0 saturated heterocycles. The summed E-state index contributed by atoms with van der Waals surface area (Å²) in [6, 6.07) is -1.35. The number of carbonyl (C=O) groups is 2. The van der Waals surface area contributed by atoms with Crippen molar-refractivity contribution in [1.82, 2.24) is 15.0 Å². The Hall–Kier alpha value is -2.98. The first-order chi connectivity index (χ1) is 10.2. The SMILES string of the molecule is CN(C)c1nc(N(C)C)nc(N2C(N)=NC(=O)C2C(N)=O)n1. The first-order valence-corrected chi connectivity index (χ1v) is 6.29. The molecule has 11 nitrogen and oxygen atoms in total. The molecule has 0 spiro atoms. The van der Waals surface area contributed by atoms with Crippen LogP contribution in [-0.4, -0.2) is 67.0 Å². The molecule has 118 valence electrons. The molecule has 2 rings (SSSR count). The summed E-state index contributed by atoms with van der Waals surface area (Å²) >= 11 is 0. The quantitative estimate of drug-likeness (QED) is 0.577. The Labute approximate surface area is 126 Å². The number of amides is 2. The van der Waals surface area contributed by atoms with Gasteiger partial charge in [-0.2, -0.15) is 19.9 Å². The van der Waals surface area contributed by atoms with Crippen LogP contribution in [0.15, 0.2) is 4.99 Å². The summed E-state index contributed by atoms with van der Waals surface area (Å²) in [6.07, 6.45) is 0. The average Bonchev–Trinajstić information content (AvgIpc) is 2.72. The number of nitrogens with zero attached hydrogens (tertiary/aromatic N) is 7. The van der Waals surface area contributed by atoms with Crippen molar-refractivity contribution in [2.75, 3.05) is 42.9 Å². The van der Waals surface area contributed by atoms with Crippen LogP contribution in [0, 0.1) is 0 Å². The zero-order valence-corrected chi connectivity index (χ0v) is 12.7. The molecule has 0 aliphatic carbocycles. The fourth-order valence-corrected chi connectivity index (χ4v) is 1.79. The minimum atomic E-state index is -1.35. The summed E-state index contributed by atoms with van der Waals surface area (Å²) in [6.45, 7) is 0. The fourth-order valence-electron chi connectivity index (χ4n) is 1.79. The number of guanidine groups is 1. The maximum atomic E-state index is 11.7. The van der Waals surface area contributed by atoms with Gasteiger partial charge in [-0.1, -0.05) is 0 Å². The van der Waals surface area contributed by atoms with Crippen LogP contribution < -0.4 is 26.2 Å². The van der Waals surface area contributed by atoms with E-state index in [1.807, 2.05) is 0 Å². The van der Waals surface area contributed by atoms with Gasteiger partial charge in [0.15, 0.2) is 6.04 Å². The van der Waals surface area contributed by atoms with E-state index in [0.29, 0.717) is 11.9 Å². The second kappa shape index (κ2) is 5.42. The Morgan fingerprint density at radius 1 is 1.09 bits per heavy atom. The van der Waals surface area contributed by atoms with E-state index in [-0.39, 0.29) is 11.9 Å². The summed E-state index contributed by atoms with van der Waals surface area (Å²) in [7, 11) is 6.99. The number of aliphatic imine (C=N–C) groups is 1. The minimum Gasteiger partial charge on any atom is -0.369 e. The molecule has 2 amide bonds. The third-order valence-electron chi connectivity index (χ3n) is 2.85. The minimum absolute atomic E-state index is 0.0262. The molecule has 4 N–H and O–H groups in total. The third kappa shape index (κ3) is 2.60. The second-order valence-corrected chi connectivity index (χ2v) is 5.01. The number of primary amides is 1. The van der Waals surface area contributed by atoms with Crippen LogP contribution in [0.3, 0.4) is 0 Å². The number of aromatic nitrogens is 3. The lowest BCUT2D eigenvalue weighted by molar-refractivity contribution is -0.126. The Morgan fingerprint density at radius 2 is 1.59 bits per heavy atom. The molecule has 0 fully saturated rings. The molecule has 2 heterocycles. The van der Waals surface area contributed by atoms with Crippen molar-refractivity contribution in [1.29, 1.82) is 0 Å². The highest BCUT2D eigenvalue weighted by atomic mass is 16.2. The number of hydrogen-bond donors (Lipinski definition) is 2. The highest BCUT2D eigenvalue weighted by Crippen LogP contribution is 2.21. The fraction of sp³-hybridized carbons (Fsp3) is 0.455. The molecule has 1 aromatic heterocycles. The molecule has 1 unspecified atom stereocenters. The molecule has 11 heteroatoms. The molecule has 1 aliphatic rings. The van der Waals surface area contributed by atoms with Crippen LogP contribution in [0.2, 0.25) is 0 Å². The molecule has 0 aromatic carbocycles. The summed E-state index contributed by atoms with van der Waals surface area (Å²) in [4.78, 5) is 43.9. The van der Waals surface area contributed by atoms with Crippen LogP contribution in [0.5, 0.6) is 0 Å². The van der Waals surface area contributed by atoms with Gasteiger partial charge in [0.25, 0.3) is 11.8 Å². The van der Waals surface area contributed by atoms with Gasteiger partial charge in [-0.15, -0.1) is 0 Å². The van der Waals surface area contributed by atoms with E-state index in [1.54, 1.807) is 38.0 Å². The zero-order valence-electron chi connectivity index (χ0n) is 12.7. The maximum Gasteiger partial charge on any atom is 0.281 e. The molecule has 1 atom stereocenters. The Balaban J connectivity index is 2.57. The third-order valence-corrected chi connectivity index (χ3v) is 2.85. The van der Waals surface area contributed by atoms with Gasteiger partial charge in [-0.25, -0.2) is 0 Å². The van der Waals surface area contributed by atoms with E-state index < -0.39 is 17.9 Å². The van der Waals surface area contributed by atoms with Gasteiger partial charge in [0.2, 0.25) is 23.8 Å². The van der Waals surface area contributed by atoms with Gasteiger partial charge >= 0.3 is 0 Å². The summed E-state index contributed by atoms with van der Waals surface area (Å²) < 4.78 is 0. The molecule has 0 radical (unpaired) electrons. The molecular formula is C11H17N9O2.